The molecule has 2 N–H and O–H groups in total. The first-order valence-corrected chi connectivity index (χ1v) is 11.1. The number of rotatable bonds is 5. The zero-order valence-electron chi connectivity index (χ0n) is 18.7. The van der Waals surface area contributed by atoms with Gasteiger partial charge in [0.1, 0.15) is 0 Å². The molecule has 10 heteroatoms. The van der Waals surface area contributed by atoms with Gasteiger partial charge >= 0.3 is 5.69 Å². The van der Waals surface area contributed by atoms with Gasteiger partial charge < -0.3 is 19.7 Å². The lowest BCUT2D eigenvalue weighted by Crippen LogP contribution is -2.43. The van der Waals surface area contributed by atoms with E-state index in [1.807, 2.05) is 24.3 Å². The molecule has 1 aliphatic heterocycles. The molecule has 2 aromatic carbocycles. The SMILES string of the molecule is Cn1c(=O)[nH]c2ccc(-c3noc(C4CCN(C(=O)CNC(=O)c5ccccc5)CC4)n3)cc21. The van der Waals surface area contributed by atoms with Crippen molar-refractivity contribution in [3.05, 3.63) is 70.5 Å². The number of hydrogen-bond acceptors (Lipinski definition) is 6. The van der Waals surface area contributed by atoms with Crippen molar-refractivity contribution in [1.82, 2.24) is 29.9 Å². The lowest BCUT2D eigenvalue weighted by atomic mass is 9.96. The Morgan fingerprint density at radius 1 is 1.15 bits per heavy atom. The van der Waals surface area contributed by atoms with E-state index in [0.717, 1.165) is 16.6 Å². The Bertz CT molecular complexity index is 1400. The van der Waals surface area contributed by atoms with Gasteiger partial charge in [-0.2, -0.15) is 4.98 Å². The molecule has 1 fully saturated rings. The predicted molar refractivity (Wildman–Crippen MR) is 124 cm³/mol. The van der Waals surface area contributed by atoms with Gasteiger partial charge in [0.2, 0.25) is 17.6 Å². The van der Waals surface area contributed by atoms with Crippen LogP contribution >= 0.6 is 0 Å². The van der Waals surface area contributed by atoms with E-state index in [1.54, 1.807) is 36.2 Å². The van der Waals surface area contributed by atoms with Crippen LogP contribution in [-0.4, -0.2) is 56.0 Å². The first-order valence-electron chi connectivity index (χ1n) is 11.1. The highest BCUT2D eigenvalue weighted by atomic mass is 16.5. The first-order chi connectivity index (χ1) is 16.5. The summed E-state index contributed by atoms with van der Waals surface area (Å²) >= 11 is 0. The highest BCUT2D eigenvalue weighted by molar-refractivity contribution is 5.96. The largest absolute Gasteiger partial charge is 0.343 e. The summed E-state index contributed by atoms with van der Waals surface area (Å²) < 4.78 is 7.07. The fraction of sp³-hybridized carbons (Fsp3) is 0.292. The summed E-state index contributed by atoms with van der Waals surface area (Å²) in [5.41, 5.74) is 2.62. The van der Waals surface area contributed by atoms with Crippen molar-refractivity contribution >= 4 is 22.8 Å². The number of hydrogen-bond donors (Lipinski definition) is 2. The van der Waals surface area contributed by atoms with Crippen LogP contribution in [0.1, 0.15) is 35.0 Å². The molecule has 0 unspecified atom stereocenters. The van der Waals surface area contributed by atoms with Crippen molar-refractivity contribution in [3.8, 4) is 11.4 Å². The van der Waals surface area contributed by atoms with E-state index >= 15 is 0 Å². The summed E-state index contributed by atoms with van der Waals surface area (Å²) in [5, 5.41) is 6.81. The number of fused-ring (bicyclic) bond motifs is 1. The van der Waals surface area contributed by atoms with Crippen molar-refractivity contribution < 1.29 is 14.1 Å². The molecule has 5 rings (SSSR count). The van der Waals surface area contributed by atoms with Gasteiger partial charge in [-0.1, -0.05) is 23.4 Å². The Morgan fingerprint density at radius 3 is 2.68 bits per heavy atom. The molecule has 1 aliphatic rings. The summed E-state index contributed by atoms with van der Waals surface area (Å²) in [6.07, 6.45) is 1.40. The van der Waals surface area contributed by atoms with Crippen molar-refractivity contribution in [2.45, 2.75) is 18.8 Å². The summed E-state index contributed by atoms with van der Waals surface area (Å²) in [5.74, 6) is 0.694. The fourth-order valence-electron chi connectivity index (χ4n) is 4.22. The van der Waals surface area contributed by atoms with Crippen LogP contribution in [0.3, 0.4) is 0 Å². The van der Waals surface area contributed by atoms with Crippen molar-refractivity contribution in [2.24, 2.45) is 7.05 Å². The van der Waals surface area contributed by atoms with Crippen molar-refractivity contribution in [3.63, 3.8) is 0 Å². The quantitative estimate of drug-likeness (QED) is 0.469. The van der Waals surface area contributed by atoms with Gasteiger partial charge in [0.25, 0.3) is 5.91 Å². The molecule has 1 saturated heterocycles. The second kappa shape index (κ2) is 8.97. The molecule has 2 aromatic heterocycles. The number of carbonyl (C=O) groups excluding carboxylic acids is 2. The molecule has 4 aromatic rings. The number of aromatic nitrogens is 4. The molecular weight excluding hydrogens is 436 g/mol. The monoisotopic (exact) mass is 460 g/mol. The van der Waals surface area contributed by atoms with Crippen molar-refractivity contribution in [1.29, 1.82) is 0 Å². The molecule has 2 amide bonds. The van der Waals surface area contributed by atoms with Crippen molar-refractivity contribution in [2.75, 3.05) is 19.6 Å². The third kappa shape index (κ3) is 4.21. The number of aryl methyl sites for hydroxylation is 1. The van der Waals surface area contributed by atoms with Crippen LogP contribution in [0.25, 0.3) is 22.4 Å². The lowest BCUT2D eigenvalue weighted by molar-refractivity contribution is -0.131. The second-order valence-corrected chi connectivity index (χ2v) is 8.38. The maximum Gasteiger partial charge on any atom is 0.326 e. The fourth-order valence-corrected chi connectivity index (χ4v) is 4.22. The Morgan fingerprint density at radius 2 is 1.91 bits per heavy atom. The normalized spacial score (nSPS) is 14.4. The Kier molecular flexibility index (Phi) is 5.70. The molecule has 0 radical (unpaired) electrons. The number of piperidine rings is 1. The lowest BCUT2D eigenvalue weighted by Gasteiger charge is -2.30. The molecule has 0 atom stereocenters. The van der Waals surface area contributed by atoms with Crippen LogP contribution in [0.15, 0.2) is 57.8 Å². The standard InChI is InChI=1S/C24H24N6O4/c1-29-19-13-17(7-8-18(19)26-24(29)33)21-27-23(34-28-21)16-9-11-30(12-10-16)20(31)14-25-22(32)15-5-3-2-4-6-15/h2-8,13,16H,9-12,14H2,1H3,(H,25,32)(H,26,33). The molecule has 10 nitrogen and oxygen atoms in total. The number of carbonyl (C=O) groups is 2. The molecule has 174 valence electrons. The second-order valence-electron chi connectivity index (χ2n) is 8.38. The average molecular weight is 460 g/mol. The van der Waals surface area contributed by atoms with Gasteiger partial charge in [-0.15, -0.1) is 0 Å². The number of amides is 2. The Hall–Kier alpha value is -4.21. The van der Waals surface area contributed by atoms with Crippen LogP contribution in [0, 0.1) is 0 Å². The molecule has 0 spiro atoms. The summed E-state index contributed by atoms with van der Waals surface area (Å²) in [6.45, 7) is 1.08. The topological polar surface area (TPSA) is 126 Å². The van der Waals surface area contributed by atoms with Gasteiger partial charge in [0.05, 0.1) is 17.6 Å². The number of imidazole rings is 1. The number of aromatic amines is 1. The van der Waals surface area contributed by atoms with E-state index in [2.05, 4.69) is 20.4 Å². The molecular formula is C24H24N6O4. The summed E-state index contributed by atoms with van der Waals surface area (Å²) in [6, 6.07) is 14.3. The smallest absolute Gasteiger partial charge is 0.326 e. The summed E-state index contributed by atoms with van der Waals surface area (Å²) in [7, 11) is 1.70. The van der Waals surface area contributed by atoms with Gasteiger partial charge in [-0.3, -0.25) is 14.2 Å². The maximum absolute atomic E-state index is 12.5. The van der Waals surface area contributed by atoms with Crippen LogP contribution in [0.2, 0.25) is 0 Å². The Balaban J connectivity index is 1.18. The predicted octanol–water partition coefficient (Wildman–Crippen LogP) is 2.05. The number of nitrogens with one attached hydrogen (secondary N) is 2. The minimum Gasteiger partial charge on any atom is -0.343 e. The molecule has 0 bridgehead atoms. The third-order valence-corrected chi connectivity index (χ3v) is 6.24. The third-order valence-electron chi connectivity index (χ3n) is 6.24. The number of benzene rings is 2. The van der Waals surface area contributed by atoms with E-state index in [9.17, 15) is 14.4 Å². The zero-order valence-corrected chi connectivity index (χ0v) is 18.7. The van der Waals surface area contributed by atoms with E-state index in [4.69, 9.17) is 4.52 Å². The highest BCUT2D eigenvalue weighted by Crippen LogP contribution is 2.29. The number of nitrogens with zero attached hydrogens (tertiary/aromatic N) is 4. The Labute approximate surface area is 194 Å². The zero-order chi connectivity index (χ0) is 23.7. The van der Waals surface area contributed by atoms with E-state index in [1.165, 1.54) is 4.57 Å². The molecule has 34 heavy (non-hydrogen) atoms. The number of H-pyrrole nitrogens is 1. The van der Waals surface area contributed by atoms with Gasteiger partial charge in [-0.05, 0) is 43.2 Å². The minimum absolute atomic E-state index is 0.0345. The van der Waals surface area contributed by atoms with E-state index in [-0.39, 0.29) is 30.0 Å². The van der Waals surface area contributed by atoms with Gasteiger partial charge in [0.15, 0.2) is 0 Å². The first kappa shape index (κ1) is 21.6. The van der Waals surface area contributed by atoms with Crippen LogP contribution in [0.4, 0.5) is 0 Å². The maximum atomic E-state index is 12.5. The molecule has 0 aliphatic carbocycles. The van der Waals surface area contributed by atoms with Crippen LogP contribution < -0.4 is 11.0 Å². The van der Waals surface area contributed by atoms with Crippen LogP contribution in [0.5, 0.6) is 0 Å². The molecule has 3 heterocycles. The van der Waals surface area contributed by atoms with Gasteiger partial charge in [-0.25, -0.2) is 4.79 Å². The van der Waals surface area contributed by atoms with E-state index < -0.39 is 0 Å². The summed E-state index contributed by atoms with van der Waals surface area (Å²) in [4.78, 5) is 45.6. The number of likely N-dealkylation sites (tertiary alicyclic amines) is 1. The van der Waals surface area contributed by atoms with E-state index in [0.29, 0.717) is 43.2 Å². The van der Waals surface area contributed by atoms with Crippen LogP contribution in [-0.2, 0) is 11.8 Å². The molecule has 0 saturated carbocycles. The van der Waals surface area contributed by atoms with Gasteiger partial charge in [0, 0.05) is 37.2 Å². The minimum atomic E-state index is -0.264. The highest BCUT2D eigenvalue weighted by Gasteiger charge is 2.28. The average Bonchev–Trinajstić information content (AvgIpc) is 3.48.